The van der Waals surface area contributed by atoms with Gasteiger partial charge in [0.15, 0.2) is 12.0 Å². The third-order valence-corrected chi connectivity index (χ3v) is 8.51. The topological polar surface area (TPSA) is 80.6 Å². The van der Waals surface area contributed by atoms with Gasteiger partial charge in [-0.15, -0.1) is 0 Å². The van der Waals surface area contributed by atoms with Gasteiger partial charge >= 0.3 is 0 Å². The van der Waals surface area contributed by atoms with Crippen LogP contribution in [-0.4, -0.2) is 24.3 Å². The zero-order valence-electron chi connectivity index (χ0n) is 30.6. The number of furan rings is 2. The summed E-state index contributed by atoms with van der Waals surface area (Å²) in [5.41, 5.74) is 0.840. The first-order valence-corrected chi connectivity index (χ1v) is 19.5. The molecule has 0 saturated carbocycles. The van der Waals surface area contributed by atoms with Crippen molar-refractivity contribution in [2.75, 3.05) is 6.61 Å². The van der Waals surface area contributed by atoms with Crippen molar-refractivity contribution in [1.29, 1.82) is 0 Å². The lowest BCUT2D eigenvalue weighted by atomic mass is 10.0. The van der Waals surface area contributed by atoms with Crippen LogP contribution in [-0.2, 0) is 4.79 Å². The lowest BCUT2D eigenvalue weighted by molar-refractivity contribution is -0.105. The van der Waals surface area contributed by atoms with E-state index in [1.165, 1.54) is 160 Å². The molecule has 0 aliphatic heterocycles. The molecule has 0 aliphatic rings. The number of unbranched alkanes of at least 4 members (excludes halogenated alkanes) is 24. The number of carbonyl (C=O) groups excluding carboxylic acids is 2. The molecule has 2 heterocycles. The molecule has 0 bridgehead atoms. The number of hydrogen-bond acceptors (Lipinski definition) is 5. The van der Waals surface area contributed by atoms with Crippen molar-refractivity contribution in [3.05, 3.63) is 53.9 Å². The fourth-order valence-electron chi connectivity index (χ4n) is 5.56. The molecule has 2 aromatic heterocycles. The van der Waals surface area contributed by atoms with Gasteiger partial charge in [-0.05, 0) is 55.2 Å². The largest absolute Gasteiger partial charge is 0.465 e. The number of rotatable bonds is 30. The quantitative estimate of drug-likeness (QED) is 0.0507. The van der Waals surface area contributed by atoms with E-state index in [9.17, 15) is 9.59 Å². The van der Waals surface area contributed by atoms with Crippen LogP contribution in [0.5, 0.6) is 0 Å². The van der Waals surface area contributed by atoms with Crippen molar-refractivity contribution in [3.8, 4) is 0 Å². The number of aliphatic hydroxyl groups excluding tert-OH is 1. The van der Waals surface area contributed by atoms with Crippen LogP contribution in [0.1, 0.15) is 211 Å². The molecule has 0 saturated heterocycles. The summed E-state index contributed by atoms with van der Waals surface area (Å²) < 4.78 is 9.86. The van der Waals surface area contributed by atoms with Crippen LogP contribution < -0.4 is 0 Å². The minimum absolute atomic E-state index is 0. The van der Waals surface area contributed by atoms with Crippen LogP contribution in [0.4, 0.5) is 0 Å². The van der Waals surface area contributed by atoms with E-state index in [4.69, 9.17) is 9.52 Å². The highest BCUT2D eigenvalue weighted by Gasteiger charge is 1.99. The van der Waals surface area contributed by atoms with E-state index in [0.29, 0.717) is 18.7 Å². The van der Waals surface area contributed by atoms with E-state index < -0.39 is 0 Å². The average molecular weight is 673 g/mol. The summed E-state index contributed by atoms with van der Waals surface area (Å²) in [5.74, 6) is 1.14. The normalized spacial score (nSPS) is 10.8. The summed E-state index contributed by atoms with van der Waals surface area (Å²) >= 11 is 0. The molecular formula is C43H76O5. The van der Waals surface area contributed by atoms with Gasteiger partial charge in [0.25, 0.3) is 0 Å². The summed E-state index contributed by atoms with van der Waals surface area (Å²) in [6, 6.07) is 7.00. The van der Waals surface area contributed by atoms with Gasteiger partial charge in [0.05, 0.1) is 12.5 Å². The molecule has 0 amide bonds. The summed E-state index contributed by atoms with van der Waals surface area (Å²) in [6.45, 7) is 4.92. The van der Waals surface area contributed by atoms with Gasteiger partial charge in [0.1, 0.15) is 12.0 Å². The first-order valence-electron chi connectivity index (χ1n) is 19.5. The predicted octanol–water partition coefficient (Wildman–Crippen LogP) is 14.1. The van der Waals surface area contributed by atoms with Crippen LogP contribution in [0.3, 0.4) is 0 Å². The Labute approximate surface area is 296 Å². The van der Waals surface area contributed by atoms with E-state index in [1.54, 1.807) is 18.4 Å². The van der Waals surface area contributed by atoms with Crippen LogP contribution in [0.2, 0.25) is 0 Å². The fourth-order valence-corrected chi connectivity index (χ4v) is 5.56. The Bertz CT molecular complexity index is 870. The zero-order valence-corrected chi connectivity index (χ0v) is 30.6. The Kier molecular flexibility index (Phi) is 40.5. The summed E-state index contributed by atoms with van der Waals surface area (Å²) in [7, 11) is 0. The Morgan fingerprint density at radius 3 is 1.19 bits per heavy atom. The Morgan fingerprint density at radius 1 is 0.542 bits per heavy atom. The van der Waals surface area contributed by atoms with E-state index in [1.807, 2.05) is 18.2 Å². The average Bonchev–Trinajstić information content (AvgIpc) is 3.82. The van der Waals surface area contributed by atoms with Gasteiger partial charge in [-0.1, -0.05) is 175 Å². The molecule has 0 fully saturated rings. The monoisotopic (exact) mass is 673 g/mol. The Hall–Kier alpha value is -2.40. The third kappa shape index (κ3) is 34.9. The van der Waals surface area contributed by atoms with Crippen molar-refractivity contribution in [1.82, 2.24) is 0 Å². The highest BCUT2D eigenvalue weighted by molar-refractivity contribution is 5.80. The molecule has 5 nitrogen and oxygen atoms in total. The summed E-state index contributed by atoms with van der Waals surface area (Å²) in [5, 5.41) is 8.64. The molecule has 5 heteroatoms. The van der Waals surface area contributed by atoms with Crippen LogP contribution in [0.15, 0.2) is 51.2 Å². The lowest BCUT2D eigenvalue weighted by Gasteiger charge is -2.03. The maximum atomic E-state index is 11.1. The molecular weight excluding hydrogens is 596 g/mol. The molecule has 2 rings (SSSR count). The minimum Gasteiger partial charge on any atom is -0.465 e. The number of aldehydes is 2. The number of hydrogen-bond donors (Lipinski definition) is 1. The molecule has 48 heavy (non-hydrogen) atoms. The molecule has 0 atom stereocenters. The molecule has 0 aliphatic carbocycles. The molecule has 278 valence electrons. The Balaban J connectivity index is 0. The van der Waals surface area contributed by atoms with E-state index >= 15 is 0 Å². The number of carbonyl (C=O) groups is 2. The summed E-state index contributed by atoms with van der Waals surface area (Å²) in [6.07, 6.45) is 42.8. The smallest absolute Gasteiger partial charge is 0.185 e. The third-order valence-electron chi connectivity index (χ3n) is 8.51. The van der Waals surface area contributed by atoms with Crippen LogP contribution in [0.25, 0.3) is 6.08 Å². The molecule has 1 N–H and O–H groups in total. The van der Waals surface area contributed by atoms with Crippen LogP contribution >= 0.6 is 0 Å². The van der Waals surface area contributed by atoms with Crippen molar-refractivity contribution in [2.24, 2.45) is 0 Å². The maximum Gasteiger partial charge on any atom is 0.185 e. The molecule has 2 aromatic rings. The van der Waals surface area contributed by atoms with Gasteiger partial charge in [-0.25, -0.2) is 0 Å². The molecule has 0 spiro atoms. The number of aliphatic hydroxyl groups is 1. The van der Waals surface area contributed by atoms with Gasteiger partial charge in [-0.2, -0.15) is 0 Å². The highest BCUT2D eigenvalue weighted by Crippen LogP contribution is 2.16. The van der Waals surface area contributed by atoms with Crippen LogP contribution in [0, 0.1) is 0 Å². The molecule has 0 unspecified atom stereocenters. The van der Waals surface area contributed by atoms with E-state index in [0.717, 1.165) is 36.9 Å². The zero-order chi connectivity index (χ0) is 34.3. The molecule has 0 aromatic carbocycles. The lowest BCUT2D eigenvalue weighted by Crippen LogP contribution is -1.87. The highest BCUT2D eigenvalue weighted by atomic mass is 16.3. The summed E-state index contributed by atoms with van der Waals surface area (Å²) in [4.78, 5) is 20.8. The number of allylic oxidation sites excluding steroid dienone is 1. The standard InChI is InChI=1S/C21H34O2.C16H34O.C5H4O2.CH4/c1-2-3-4-5-6-7-8-9-10-11-12-13-15-20(19-22)18-21-16-14-17-23-21;1-2-3-4-5-6-7-8-9-10-11-12-13-14-15-16-17;6-4-5-2-1-3-7-5;/h14,16-19H,2-13,15H2,1H3;17H,2-16H2,1H3;1-4H;1H4/b20-18+;;;. The van der Waals surface area contributed by atoms with Gasteiger partial charge in [-0.3, -0.25) is 9.59 Å². The Morgan fingerprint density at radius 2 is 0.896 bits per heavy atom. The SMILES string of the molecule is C.CCCCCCCCCCCCCC/C(C=O)=C\c1ccco1.CCCCCCCCCCCCCCCCO.O=Cc1ccco1. The minimum atomic E-state index is 0. The molecule has 0 radical (unpaired) electrons. The van der Waals surface area contributed by atoms with Gasteiger partial charge in [0, 0.05) is 6.61 Å². The van der Waals surface area contributed by atoms with E-state index in [-0.39, 0.29) is 7.43 Å². The second-order valence-corrected chi connectivity index (χ2v) is 12.9. The maximum absolute atomic E-state index is 11.1. The second-order valence-electron chi connectivity index (χ2n) is 12.9. The predicted molar refractivity (Wildman–Crippen MR) is 207 cm³/mol. The van der Waals surface area contributed by atoms with Crippen molar-refractivity contribution in [3.63, 3.8) is 0 Å². The van der Waals surface area contributed by atoms with Gasteiger partial charge in [0.2, 0.25) is 0 Å². The fraction of sp³-hybridized carbons (Fsp3) is 0.721. The van der Waals surface area contributed by atoms with Crippen molar-refractivity contribution >= 4 is 18.6 Å². The van der Waals surface area contributed by atoms with Crippen molar-refractivity contribution < 1.29 is 23.5 Å². The second kappa shape index (κ2) is 40.8. The first kappa shape index (κ1) is 47.7. The first-order chi connectivity index (χ1) is 23.2. The van der Waals surface area contributed by atoms with Gasteiger partial charge < -0.3 is 13.9 Å². The van der Waals surface area contributed by atoms with Crippen molar-refractivity contribution in [2.45, 2.75) is 195 Å². The van der Waals surface area contributed by atoms with E-state index in [2.05, 4.69) is 18.3 Å².